The maximum absolute atomic E-state index is 15.3. The third kappa shape index (κ3) is 27.3. The Labute approximate surface area is 424 Å². The van der Waals surface area contributed by atoms with E-state index in [1.807, 2.05) is 36.5 Å². The Kier molecular flexibility index (Phi) is 39.2. The predicted molar refractivity (Wildman–Crippen MR) is 305 cm³/mol. The molecule has 0 aliphatic heterocycles. The van der Waals surface area contributed by atoms with Crippen LogP contribution < -0.4 is 17.1 Å². The Hall–Kier alpha value is -3.93. The van der Waals surface area contributed by atoms with E-state index in [1.165, 1.54) is 129 Å². The van der Waals surface area contributed by atoms with Gasteiger partial charge in [-0.2, -0.15) is 0 Å². The zero-order valence-electron chi connectivity index (χ0n) is 45.0. The summed E-state index contributed by atoms with van der Waals surface area (Å²) < 4.78 is 4.28. The highest BCUT2D eigenvalue weighted by Gasteiger charge is 2.30. The summed E-state index contributed by atoms with van der Waals surface area (Å²) in [6.45, 7) is 31.4. The minimum absolute atomic E-state index is 0.154. The maximum atomic E-state index is 15.3. The maximum Gasteiger partial charge on any atom is 0.336 e. The molecule has 0 N–H and O–H groups in total. The molecule has 390 valence electrons. The highest BCUT2D eigenvalue weighted by molar-refractivity contribution is 4.98. The molecule has 0 saturated heterocycles. The van der Waals surface area contributed by atoms with E-state index >= 15 is 14.4 Å². The summed E-state index contributed by atoms with van der Waals surface area (Å²) in [5.41, 5.74) is -1.61. The number of rotatable bonds is 48. The van der Waals surface area contributed by atoms with Crippen molar-refractivity contribution in [3.05, 3.63) is 144 Å². The van der Waals surface area contributed by atoms with Crippen LogP contribution in [0.25, 0.3) is 0 Å². The van der Waals surface area contributed by atoms with Crippen LogP contribution >= 0.6 is 0 Å². The molecule has 1 aromatic heterocycles. The number of hydrogen-bond acceptors (Lipinski definition) is 3. The van der Waals surface area contributed by atoms with Gasteiger partial charge in [0.25, 0.3) is 0 Å². The monoisotopic (exact) mass is 952 g/mol. The molecule has 0 saturated carbocycles. The Balaban J connectivity index is 3.86. The van der Waals surface area contributed by atoms with Crippen molar-refractivity contribution in [2.45, 2.75) is 251 Å². The van der Waals surface area contributed by atoms with Gasteiger partial charge in [0.2, 0.25) is 0 Å². The molecular formula is C63H105N3O3. The molecule has 6 atom stereocenters. The molecule has 0 bridgehead atoms. The van der Waals surface area contributed by atoms with Gasteiger partial charge in [-0.3, -0.25) is 0 Å². The van der Waals surface area contributed by atoms with Crippen molar-refractivity contribution < 1.29 is 0 Å². The molecule has 6 heteroatoms. The Morgan fingerprint density at radius 1 is 0.319 bits per heavy atom. The zero-order valence-corrected chi connectivity index (χ0v) is 45.0. The van der Waals surface area contributed by atoms with Crippen LogP contribution in [0, 0.1) is 17.8 Å². The fraction of sp³-hybridized carbons (Fsp3) is 0.667. The summed E-state index contributed by atoms with van der Waals surface area (Å²) in [5.74, 6) is 0.463. The molecule has 0 fully saturated rings. The molecular weight excluding hydrogens is 847 g/mol. The molecule has 0 amide bonds. The van der Waals surface area contributed by atoms with Crippen LogP contribution in [0.4, 0.5) is 0 Å². The summed E-state index contributed by atoms with van der Waals surface area (Å²) in [6, 6.07) is -1.47. The lowest BCUT2D eigenvalue weighted by Crippen LogP contribution is -2.57. The normalized spacial score (nSPS) is 14.5. The lowest BCUT2D eigenvalue weighted by molar-refractivity contribution is 0.266. The second-order valence-corrected chi connectivity index (χ2v) is 20.2. The van der Waals surface area contributed by atoms with Crippen molar-refractivity contribution in [1.82, 2.24) is 13.7 Å². The first-order valence-corrected chi connectivity index (χ1v) is 28.3. The molecule has 0 radical (unpaired) electrons. The number of unbranched alkanes of at least 4 members (excludes halogenated alkanes) is 18. The van der Waals surface area contributed by atoms with Gasteiger partial charge in [0.05, 0.1) is 0 Å². The van der Waals surface area contributed by atoms with E-state index in [2.05, 4.69) is 96.7 Å². The van der Waals surface area contributed by atoms with Gasteiger partial charge in [-0.15, -0.1) is 39.5 Å². The number of aromatic nitrogens is 3. The van der Waals surface area contributed by atoms with Crippen LogP contribution in [-0.4, -0.2) is 13.7 Å². The van der Waals surface area contributed by atoms with Gasteiger partial charge in [0.1, 0.15) is 0 Å². The summed E-state index contributed by atoms with van der Waals surface area (Å²) >= 11 is 0. The van der Waals surface area contributed by atoms with Crippen molar-refractivity contribution in [2.24, 2.45) is 17.8 Å². The lowest BCUT2D eigenvalue weighted by atomic mass is 9.90. The van der Waals surface area contributed by atoms with E-state index in [9.17, 15) is 0 Å². The van der Waals surface area contributed by atoms with Crippen molar-refractivity contribution in [3.8, 4) is 0 Å². The van der Waals surface area contributed by atoms with Gasteiger partial charge in [0, 0.05) is 18.1 Å². The van der Waals surface area contributed by atoms with E-state index in [0.717, 1.165) is 57.8 Å². The largest absolute Gasteiger partial charge is 0.336 e. The summed E-state index contributed by atoms with van der Waals surface area (Å²) in [6.07, 6.45) is 58.6. The molecule has 69 heavy (non-hydrogen) atoms. The van der Waals surface area contributed by atoms with Gasteiger partial charge < -0.3 is 0 Å². The van der Waals surface area contributed by atoms with Crippen LogP contribution in [0.5, 0.6) is 0 Å². The minimum Gasteiger partial charge on any atom is -0.247 e. The van der Waals surface area contributed by atoms with Gasteiger partial charge in [0.15, 0.2) is 0 Å². The van der Waals surface area contributed by atoms with Crippen molar-refractivity contribution >= 4 is 0 Å². The molecule has 0 spiro atoms. The van der Waals surface area contributed by atoms with E-state index in [1.54, 1.807) is 0 Å². The first-order valence-electron chi connectivity index (χ1n) is 28.3. The molecule has 6 nitrogen and oxygen atoms in total. The first-order chi connectivity index (χ1) is 33.7. The van der Waals surface area contributed by atoms with Gasteiger partial charge in [-0.05, 0) is 133 Å². The number of nitrogens with zero attached hydrogens (tertiary/aromatic N) is 3. The van der Waals surface area contributed by atoms with Crippen molar-refractivity contribution in [3.63, 3.8) is 0 Å². The minimum atomic E-state index is -0.537. The molecule has 0 aliphatic rings. The van der Waals surface area contributed by atoms with Crippen LogP contribution in [0.15, 0.2) is 127 Å². The second kappa shape index (κ2) is 42.9. The third-order valence-corrected chi connectivity index (χ3v) is 14.0. The fourth-order valence-corrected chi connectivity index (χ4v) is 10.1. The van der Waals surface area contributed by atoms with Gasteiger partial charge >= 0.3 is 17.1 Å². The highest BCUT2D eigenvalue weighted by Crippen LogP contribution is 2.30. The third-order valence-electron chi connectivity index (χ3n) is 14.0. The standard InChI is InChI=1S/C63H105N3O3/c1-10-19-22-25-28-31-34-37-40-49-55(43-13-4)52-58(46-16-7)64-61(67)65(59(47-17-8)53-56(44-14-5)50-41-38-35-32-29-26-23-20-11-2)63(69)66(62(64)68)60(48-18-9)54-57(45-15-6)51-42-39-36-33-30-27-24-21-12-3/h13-18,37-42,55-60H,4-12,19-36,43-54H2,1-3H3/b40-37+,41-38+,42-39+. The van der Waals surface area contributed by atoms with Crippen molar-refractivity contribution in [2.75, 3.05) is 0 Å². The van der Waals surface area contributed by atoms with Crippen LogP contribution in [0.2, 0.25) is 0 Å². The van der Waals surface area contributed by atoms with Crippen LogP contribution in [0.3, 0.4) is 0 Å². The molecule has 1 aromatic rings. The molecule has 1 rings (SSSR count). The van der Waals surface area contributed by atoms with E-state index in [-0.39, 0.29) is 17.8 Å². The predicted octanol–water partition coefficient (Wildman–Crippen LogP) is 18.4. The summed E-state index contributed by atoms with van der Waals surface area (Å²) in [7, 11) is 0. The van der Waals surface area contributed by atoms with Crippen LogP contribution in [-0.2, 0) is 0 Å². The van der Waals surface area contributed by atoms with Crippen molar-refractivity contribution in [1.29, 1.82) is 0 Å². The van der Waals surface area contributed by atoms with E-state index < -0.39 is 35.2 Å². The second-order valence-electron chi connectivity index (χ2n) is 20.2. The number of hydrogen-bond donors (Lipinski definition) is 0. The number of allylic oxidation sites excluding steroid dienone is 12. The smallest absolute Gasteiger partial charge is 0.247 e. The topological polar surface area (TPSA) is 66.0 Å². The zero-order chi connectivity index (χ0) is 50.7. The quantitative estimate of drug-likeness (QED) is 0.0483. The Bertz CT molecular complexity index is 1550. The van der Waals surface area contributed by atoms with E-state index in [0.29, 0.717) is 38.5 Å². The average Bonchev–Trinajstić information content (AvgIpc) is 3.32. The average molecular weight is 953 g/mol. The first kappa shape index (κ1) is 63.1. The van der Waals surface area contributed by atoms with Gasteiger partial charge in [-0.1, -0.05) is 190 Å². The van der Waals surface area contributed by atoms with E-state index in [4.69, 9.17) is 0 Å². The Morgan fingerprint density at radius 3 is 0.783 bits per heavy atom. The summed E-state index contributed by atoms with van der Waals surface area (Å²) in [4.78, 5) is 45.8. The SMILES string of the molecule is C=CCC(C/C=C/CCCCCCCC)CC(CC=C)n1c(=O)n(C(CC=C)CC(CC=C)C/C=C/CCCCCCCC)c(=O)n(C(CC=C)CC(CC=C)C/C=C/CCCCCCCC)c1=O. The molecule has 6 unspecified atom stereocenters. The molecule has 0 aliphatic carbocycles. The summed E-state index contributed by atoms with van der Waals surface area (Å²) in [5, 5.41) is 0. The van der Waals surface area contributed by atoms with Gasteiger partial charge in [-0.25, -0.2) is 28.1 Å². The van der Waals surface area contributed by atoms with Crippen LogP contribution in [0.1, 0.15) is 251 Å². The lowest BCUT2D eigenvalue weighted by Gasteiger charge is -2.30. The Morgan fingerprint density at radius 2 is 0.551 bits per heavy atom. The molecule has 1 heterocycles. The fourth-order valence-electron chi connectivity index (χ4n) is 10.1. The molecule has 0 aromatic carbocycles. The highest BCUT2D eigenvalue weighted by atomic mass is 16.2.